The molecule has 0 spiro atoms. The van der Waals surface area contributed by atoms with Crippen LogP contribution < -0.4 is 16.4 Å². The molecule has 11 heteroatoms. The van der Waals surface area contributed by atoms with Gasteiger partial charge in [-0.15, -0.1) is 0 Å². The van der Waals surface area contributed by atoms with Crippen LogP contribution in [0.4, 0.5) is 11.4 Å². The number of nitrogens with two attached hydrogens (primary N) is 2. The van der Waals surface area contributed by atoms with Gasteiger partial charge in [0.05, 0.1) is 11.6 Å². The number of aromatic hydroxyl groups is 1. The van der Waals surface area contributed by atoms with E-state index in [9.17, 15) is 34.8 Å². The summed E-state index contributed by atoms with van der Waals surface area (Å²) in [5.74, 6) is -6.82. The second-order valence-electron chi connectivity index (χ2n) is 11.1. The number of hydrogen-bond acceptors (Lipinski definition) is 10. The van der Waals surface area contributed by atoms with Crippen LogP contribution in [0.2, 0.25) is 0 Å². The predicted octanol–water partition coefficient (Wildman–Crippen LogP) is 1.44. The molecule has 3 aliphatic carbocycles. The molecule has 1 amide bonds. The molecule has 0 fully saturated rings. The zero-order valence-electron chi connectivity index (χ0n) is 22.6. The number of rotatable bonds is 4. The molecule has 11 nitrogen and oxygen atoms in total. The van der Waals surface area contributed by atoms with E-state index in [-0.39, 0.29) is 29.7 Å². The Morgan fingerprint density at radius 2 is 1.75 bits per heavy atom. The molecule has 2 aromatic rings. The number of carbonyl (C=O) groups excluding carboxylic acids is 3. The van der Waals surface area contributed by atoms with Gasteiger partial charge in [0, 0.05) is 42.5 Å². The number of hydrogen-bond donors (Lipinski definition) is 6. The third-order valence-corrected chi connectivity index (χ3v) is 8.38. The van der Waals surface area contributed by atoms with Gasteiger partial charge in [0.2, 0.25) is 5.78 Å². The lowest BCUT2D eigenvalue weighted by Crippen LogP contribution is -2.63. The molecule has 0 heterocycles. The first kappa shape index (κ1) is 27.2. The van der Waals surface area contributed by atoms with E-state index >= 15 is 0 Å². The van der Waals surface area contributed by atoms with Gasteiger partial charge in [-0.2, -0.15) is 0 Å². The highest BCUT2D eigenvalue weighted by Gasteiger charge is 2.63. The lowest BCUT2D eigenvalue weighted by atomic mass is 9.58. The average molecular weight is 549 g/mol. The van der Waals surface area contributed by atoms with E-state index in [1.165, 1.54) is 4.90 Å². The summed E-state index contributed by atoms with van der Waals surface area (Å²) >= 11 is 0. The Bertz CT molecular complexity index is 1560. The molecule has 3 aliphatic rings. The van der Waals surface area contributed by atoms with E-state index in [1.807, 2.05) is 4.90 Å². The zero-order valence-corrected chi connectivity index (χ0v) is 22.6. The second-order valence-corrected chi connectivity index (χ2v) is 11.1. The molecule has 0 saturated heterocycles. The minimum atomic E-state index is -2.68. The number of allylic oxidation sites excluding steroid dienone is 1. The molecule has 40 heavy (non-hydrogen) atoms. The van der Waals surface area contributed by atoms with Gasteiger partial charge in [0.1, 0.15) is 22.8 Å². The minimum Gasteiger partial charge on any atom is -0.510 e. The number of phenols is 1. The number of Topliss-reactive ketones (excluding diaryl/α,β-unsaturated/α-hetero) is 2. The van der Waals surface area contributed by atoms with Crippen molar-refractivity contribution in [2.45, 2.75) is 24.5 Å². The monoisotopic (exact) mass is 548 g/mol. The summed E-state index contributed by atoms with van der Waals surface area (Å²) in [6.07, 6.45) is 0.225. The second kappa shape index (κ2) is 9.10. The maximum absolute atomic E-state index is 14.1. The van der Waals surface area contributed by atoms with E-state index in [0.29, 0.717) is 28.1 Å². The third kappa shape index (κ3) is 3.61. The van der Waals surface area contributed by atoms with Crippen LogP contribution in [0.5, 0.6) is 5.75 Å². The van der Waals surface area contributed by atoms with Crippen LogP contribution in [0.15, 0.2) is 53.0 Å². The van der Waals surface area contributed by atoms with Crippen molar-refractivity contribution in [1.82, 2.24) is 4.90 Å². The number of aliphatic hydroxyl groups is 3. The largest absolute Gasteiger partial charge is 0.510 e. The molecule has 0 aliphatic heterocycles. The number of ketones is 2. The summed E-state index contributed by atoms with van der Waals surface area (Å²) in [6, 6.07) is 7.54. The number of anilines is 2. The van der Waals surface area contributed by atoms with Crippen molar-refractivity contribution in [3.8, 4) is 16.9 Å². The molecule has 0 aromatic heterocycles. The smallest absolute Gasteiger partial charge is 0.255 e. The zero-order chi connectivity index (χ0) is 29.4. The van der Waals surface area contributed by atoms with Crippen LogP contribution in [-0.2, 0) is 16.0 Å². The van der Waals surface area contributed by atoms with Crippen molar-refractivity contribution in [3.63, 3.8) is 0 Å². The summed E-state index contributed by atoms with van der Waals surface area (Å²) in [4.78, 5) is 43.1. The number of primary amides is 1. The molecule has 5 rings (SSSR count). The topological polar surface area (TPSA) is 191 Å². The number of likely N-dealkylation sites (N-methyl/N-ethyl adjacent to an activating group) is 1. The first-order valence-electron chi connectivity index (χ1n) is 12.8. The van der Waals surface area contributed by atoms with Gasteiger partial charge in [0.25, 0.3) is 5.91 Å². The number of phenolic OH excluding ortho intramolecular Hbond substituents is 1. The first-order valence-corrected chi connectivity index (χ1v) is 12.8. The fraction of sp³-hybridized carbons (Fsp3) is 0.345. The van der Waals surface area contributed by atoms with Crippen molar-refractivity contribution >= 4 is 28.8 Å². The van der Waals surface area contributed by atoms with Gasteiger partial charge in [0.15, 0.2) is 11.4 Å². The number of fused-ring (bicyclic) bond motifs is 3. The molecule has 210 valence electrons. The van der Waals surface area contributed by atoms with Crippen molar-refractivity contribution in [2.24, 2.45) is 17.6 Å². The molecular weight excluding hydrogens is 516 g/mol. The summed E-state index contributed by atoms with van der Waals surface area (Å²) in [6.45, 7) is 0. The summed E-state index contributed by atoms with van der Waals surface area (Å²) in [7, 11) is 6.79. The predicted molar refractivity (Wildman–Crippen MR) is 148 cm³/mol. The average Bonchev–Trinajstić information content (AvgIpc) is 2.85. The normalized spacial score (nSPS) is 26.0. The van der Waals surface area contributed by atoms with E-state index in [2.05, 4.69) is 0 Å². The van der Waals surface area contributed by atoms with Gasteiger partial charge in [-0.25, -0.2) is 0 Å². The van der Waals surface area contributed by atoms with Crippen LogP contribution in [0.3, 0.4) is 0 Å². The van der Waals surface area contributed by atoms with Crippen LogP contribution in [0.25, 0.3) is 11.1 Å². The lowest BCUT2D eigenvalue weighted by Gasteiger charge is -2.50. The minimum absolute atomic E-state index is 0.0242. The fourth-order valence-electron chi connectivity index (χ4n) is 6.62. The number of nitrogen functional groups attached to an aromatic ring is 1. The van der Waals surface area contributed by atoms with Crippen molar-refractivity contribution in [3.05, 3.63) is 64.1 Å². The van der Waals surface area contributed by atoms with Crippen molar-refractivity contribution in [1.29, 1.82) is 0 Å². The van der Waals surface area contributed by atoms with Gasteiger partial charge in [-0.1, -0.05) is 12.1 Å². The highest BCUT2D eigenvalue weighted by Crippen LogP contribution is 2.54. The molecule has 0 radical (unpaired) electrons. The van der Waals surface area contributed by atoms with Gasteiger partial charge in [-0.05, 0) is 62.2 Å². The van der Waals surface area contributed by atoms with Crippen molar-refractivity contribution in [2.75, 3.05) is 38.8 Å². The van der Waals surface area contributed by atoms with E-state index in [0.717, 1.165) is 0 Å². The molecule has 0 bridgehead atoms. The van der Waals surface area contributed by atoms with Gasteiger partial charge >= 0.3 is 0 Å². The number of aliphatic hydroxyl groups excluding tert-OH is 2. The quantitative estimate of drug-likeness (QED) is 0.241. The Labute approximate surface area is 230 Å². The standard InChI is InChI=1S/C29H32N4O7/c1-32(2)18-11-15(12-6-5-7-14(30)8-12)23(34)20-16(18)9-13-10-17-22(33(3)4)25(36)21(28(31)39)27(38)29(17,40)26(37)19(13)24(20)35/h5-8,11,13,17,22,34,36-37,40H,9-10,30H2,1-4H3,(H2,31,39)/t13-,17-,22-,29-/m0/s1. The molecule has 2 aromatic carbocycles. The first-order chi connectivity index (χ1) is 18.7. The van der Waals surface area contributed by atoms with Crippen LogP contribution >= 0.6 is 0 Å². The van der Waals surface area contributed by atoms with E-state index in [1.54, 1.807) is 58.5 Å². The number of benzene rings is 2. The molecule has 4 atom stereocenters. The Kier molecular flexibility index (Phi) is 6.20. The highest BCUT2D eigenvalue weighted by atomic mass is 16.3. The van der Waals surface area contributed by atoms with Crippen molar-refractivity contribution < 1.29 is 34.8 Å². The fourth-order valence-corrected chi connectivity index (χ4v) is 6.62. The Morgan fingerprint density at radius 1 is 1.07 bits per heavy atom. The van der Waals surface area contributed by atoms with Gasteiger partial charge < -0.3 is 36.8 Å². The SMILES string of the molecule is CN(C)c1cc(-c2cccc(N)c2)c(O)c2c1C[C@H]1C[C@H]3[C@H](N(C)C)C(O)=C(C(N)=O)C(=O)[C@@]3(O)C(O)=C1C2=O. The van der Waals surface area contributed by atoms with E-state index < -0.39 is 58.0 Å². The molecule has 8 N–H and O–H groups in total. The van der Waals surface area contributed by atoms with E-state index in [4.69, 9.17) is 11.5 Å². The Morgan fingerprint density at radius 3 is 2.33 bits per heavy atom. The van der Waals surface area contributed by atoms with Crippen LogP contribution in [0.1, 0.15) is 22.3 Å². The molecular formula is C29H32N4O7. The third-order valence-electron chi connectivity index (χ3n) is 8.38. The highest BCUT2D eigenvalue weighted by molar-refractivity contribution is 6.25. The summed E-state index contributed by atoms with van der Waals surface area (Å²) in [5, 5.41) is 45.6. The summed E-state index contributed by atoms with van der Waals surface area (Å²) < 4.78 is 0. The number of nitrogens with zero attached hydrogens (tertiary/aromatic N) is 2. The molecule has 0 unspecified atom stereocenters. The van der Waals surface area contributed by atoms with Gasteiger partial charge in [-0.3, -0.25) is 19.3 Å². The number of carbonyl (C=O) groups is 3. The molecule has 0 saturated carbocycles. The lowest BCUT2D eigenvalue weighted by molar-refractivity contribution is -0.148. The maximum atomic E-state index is 14.1. The van der Waals surface area contributed by atoms with Crippen LogP contribution in [-0.4, -0.2) is 82.6 Å². The maximum Gasteiger partial charge on any atom is 0.255 e. The number of amides is 1. The summed E-state index contributed by atoms with van der Waals surface area (Å²) in [5.41, 5.74) is 10.2. The van der Waals surface area contributed by atoms with Crippen LogP contribution in [0, 0.1) is 11.8 Å². The Hall–Kier alpha value is -4.35. The Balaban J connectivity index is 1.76.